The summed E-state index contributed by atoms with van der Waals surface area (Å²) in [5, 5.41) is 3.67. The van der Waals surface area contributed by atoms with Crippen molar-refractivity contribution < 1.29 is 0 Å². The molecule has 2 aliphatic rings. The molecule has 0 radical (unpaired) electrons. The van der Waals surface area contributed by atoms with Gasteiger partial charge in [-0.2, -0.15) is 0 Å². The smallest absolute Gasteiger partial charge is 0.0189 e. The van der Waals surface area contributed by atoms with Gasteiger partial charge in [-0.15, -0.1) is 0 Å². The fourth-order valence-corrected chi connectivity index (χ4v) is 2.56. The van der Waals surface area contributed by atoms with Crippen LogP contribution in [0.3, 0.4) is 0 Å². The SMILES string of the molecule is Cc1ccc(C2CNC3(CC3)C2)cc1. The Morgan fingerprint density at radius 3 is 2.50 bits per heavy atom. The second-order valence-electron chi connectivity index (χ2n) is 4.97. The third-order valence-corrected chi connectivity index (χ3v) is 3.76. The van der Waals surface area contributed by atoms with E-state index in [1.807, 2.05) is 0 Å². The minimum atomic E-state index is 0.565. The standard InChI is InChI=1S/C13H17N/c1-10-2-4-11(5-3-10)12-8-13(6-7-13)14-9-12/h2-5,12,14H,6-9H2,1H3. The molecule has 3 rings (SSSR count). The van der Waals surface area contributed by atoms with Gasteiger partial charge in [0.15, 0.2) is 0 Å². The predicted octanol–water partition coefficient (Wildman–Crippen LogP) is 2.60. The monoisotopic (exact) mass is 187 g/mol. The van der Waals surface area contributed by atoms with Crippen molar-refractivity contribution in [3.8, 4) is 0 Å². The van der Waals surface area contributed by atoms with Crippen molar-refractivity contribution >= 4 is 0 Å². The molecule has 0 amide bonds. The van der Waals surface area contributed by atoms with E-state index in [9.17, 15) is 0 Å². The van der Waals surface area contributed by atoms with Crippen LogP contribution in [0, 0.1) is 6.92 Å². The molecule has 1 aromatic rings. The highest BCUT2D eigenvalue weighted by atomic mass is 15.1. The molecular weight excluding hydrogens is 170 g/mol. The minimum absolute atomic E-state index is 0.565. The molecular formula is C13H17N. The number of hydrogen-bond acceptors (Lipinski definition) is 1. The quantitative estimate of drug-likeness (QED) is 0.712. The molecule has 0 bridgehead atoms. The van der Waals surface area contributed by atoms with Gasteiger partial charge in [-0.05, 0) is 37.7 Å². The van der Waals surface area contributed by atoms with Crippen molar-refractivity contribution in [3.63, 3.8) is 0 Å². The molecule has 1 saturated carbocycles. The normalized spacial score (nSPS) is 28.2. The van der Waals surface area contributed by atoms with Crippen molar-refractivity contribution in [1.29, 1.82) is 0 Å². The Bertz CT molecular complexity index is 335. The summed E-state index contributed by atoms with van der Waals surface area (Å²) in [6, 6.07) is 9.05. The lowest BCUT2D eigenvalue weighted by Gasteiger charge is -2.09. The van der Waals surface area contributed by atoms with Gasteiger partial charge < -0.3 is 5.32 Å². The molecule has 1 atom stereocenters. The van der Waals surface area contributed by atoms with Crippen LogP contribution in [0.5, 0.6) is 0 Å². The minimum Gasteiger partial charge on any atom is -0.311 e. The highest BCUT2D eigenvalue weighted by molar-refractivity contribution is 5.28. The largest absolute Gasteiger partial charge is 0.311 e. The zero-order valence-electron chi connectivity index (χ0n) is 8.72. The van der Waals surface area contributed by atoms with E-state index in [1.54, 1.807) is 0 Å². The van der Waals surface area contributed by atoms with Crippen LogP contribution < -0.4 is 5.32 Å². The first-order chi connectivity index (χ1) is 6.77. The average Bonchev–Trinajstić information content (AvgIpc) is 2.79. The molecule has 1 spiro atoms. The van der Waals surface area contributed by atoms with E-state index in [4.69, 9.17) is 0 Å². The van der Waals surface area contributed by atoms with Crippen LogP contribution in [-0.4, -0.2) is 12.1 Å². The molecule has 1 nitrogen and oxygen atoms in total. The van der Waals surface area contributed by atoms with Gasteiger partial charge in [0.05, 0.1) is 0 Å². The summed E-state index contributed by atoms with van der Waals surface area (Å²) in [7, 11) is 0. The number of hydrogen-bond donors (Lipinski definition) is 1. The van der Waals surface area contributed by atoms with E-state index in [2.05, 4.69) is 36.5 Å². The van der Waals surface area contributed by atoms with E-state index < -0.39 is 0 Å². The Morgan fingerprint density at radius 1 is 1.21 bits per heavy atom. The third kappa shape index (κ3) is 1.36. The van der Waals surface area contributed by atoms with Crippen LogP contribution in [0.4, 0.5) is 0 Å². The molecule has 14 heavy (non-hydrogen) atoms. The number of nitrogens with one attached hydrogen (secondary N) is 1. The lowest BCUT2D eigenvalue weighted by Crippen LogP contribution is -2.22. The highest BCUT2D eigenvalue weighted by Gasteiger charge is 2.48. The lowest BCUT2D eigenvalue weighted by molar-refractivity contribution is 0.595. The summed E-state index contributed by atoms with van der Waals surface area (Å²) < 4.78 is 0. The van der Waals surface area contributed by atoms with E-state index in [0.717, 1.165) is 5.92 Å². The van der Waals surface area contributed by atoms with Gasteiger partial charge in [0.25, 0.3) is 0 Å². The molecule has 0 aromatic heterocycles. The molecule has 1 saturated heterocycles. The Labute approximate surface area is 85.5 Å². The summed E-state index contributed by atoms with van der Waals surface area (Å²) in [5.41, 5.74) is 3.45. The van der Waals surface area contributed by atoms with Crippen molar-refractivity contribution in [2.45, 2.75) is 37.6 Å². The molecule has 1 aliphatic carbocycles. The number of rotatable bonds is 1. The fraction of sp³-hybridized carbons (Fsp3) is 0.538. The summed E-state index contributed by atoms with van der Waals surface area (Å²) in [6.45, 7) is 3.34. The fourth-order valence-electron chi connectivity index (χ4n) is 2.56. The van der Waals surface area contributed by atoms with Gasteiger partial charge >= 0.3 is 0 Å². The van der Waals surface area contributed by atoms with Crippen LogP contribution in [0.1, 0.15) is 36.3 Å². The van der Waals surface area contributed by atoms with Crippen LogP contribution in [0.15, 0.2) is 24.3 Å². The number of benzene rings is 1. The van der Waals surface area contributed by atoms with Gasteiger partial charge in [-0.3, -0.25) is 0 Å². The maximum Gasteiger partial charge on any atom is 0.0189 e. The molecule has 2 fully saturated rings. The maximum absolute atomic E-state index is 3.67. The summed E-state index contributed by atoms with van der Waals surface area (Å²) in [5.74, 6) is 0.762. The van der Waals surface area contributed by atoms with Crippen molar-refractivity contribution in [2.24, 2.45) is 0 Å². The molecule has 74 valence electrons. The van der Waals surface area contributed by atoms with Crippen LogP contribution in [0.2, 0.25) is 0 Å². The van der Waals surface area contributed by atoms with Gasteiger partial charge in [0, 0.05) is 12.1 Å². The van der Waals surface area contributed by atoms with Crippen LogP contribution in [0.25, 0.3) is 0 Å². The Morgan fingerprint density at radius 2 is 1.93 bits per heavy atom. The van der Waals surface area contributed by atoms with Gasteiger partial charge in [-0.1, -0.05) is 29.8 Å². The summed E-state index contributed by atoms with van der Waals surface area (Å²) in [4.78, 5) is 0. The lowest BCUT2D eigenvalue weighted by atomic mass is 9.95. The first-order valence-electron chi connectivity index (χ1n) is 5.59. The Kier molecular flexibility index (Phi) is 1.72. The second-order valence-corrected chi connectivity index (χ2v) is 4.97. The second kappa shape index (κ2) is 2.83. The number of aryl methyl sites for hydroxylation is 1. The molecule has 1 unspecified atom stereocenters. The Balaban J connectivity index is 1.79. The zero-order valence-corrected chi connectivity index (χ0v) is 8.72. The maximum atomic E-state index is 3.67. The van der Waals surface area contributed by atoms with Crippen LogP contribution in [-0.2, 0) is 0 Å². The first kappa shape index (κ1) is 8.49. The van der Waals surface area contributed by atoms with E-state index >= 15 is 0 Å². The third-order valence-electron chi connectivity index (χ3n) is 3.76. The molecule has 1 N–H and O–H groups in total. The van der Waals surface area contributed by atoms with E-state index in [0.29, 0.717) is 5.54 Å². The van der Waals surface area contributed by atoms with Crippen molar-refractivity contribution in [2.75, 3.05) is 6.54 Å². The van der Waals surface area contributed by atoms with E-state index in [1.165, 1.54) is 36.9 Å². The van der Waals surface area contributed by atoms with Crippen LogP contribution >= 0.6 is 0 Å². The molecule has 1 heteroatoms. The van der Waals surface area contributed by atoms with Crippen molar-refractivity contribution in [1.82, 2.24) is 5.32 Å². The summed E-state index contributed by atoms with van der Waals surface area (Å²) >= 11 is 0. The zero-order chi connectivity index (χ0) is 9.60. The Hall–Kier alpha value is -0.820. The first-order valence-corrected chi connectivity index (χ1v) is 5.59. The molecule has 1 aromatic carbocycles. The molecule has 1 aliphatic heterocycles. The van der Waals surface area contributed by atoms with Crippen molar-refractivity contribution in [3.05, 3.63) is 35.4 Å². The van der Waals surface area contributed by atoms with Gasteiger partial charge in [0.1, 0.15) is 0 Å². The predicted molar refractivity (Wildman–Crippen MR) is 58.5 cm³/mol. The highest BCUT2D eigenvalue weighted by Crippen LogP contribution is 2.47. The summed E-state index contributed by atoms with van der Waals surface area (Å²) in [6.07, 6.45) is 4.15. The molecule has 1 heterocycles. The van der Waals surface area contributed by atoms with Gasteiger partial charge in [-0.25, -0.2) is 0 Å². The van der Waals surface area contributed by atoms with E-state index in [-0.39, 0.29) is 0 Å². The topological polar surface area (TPSA) is 12.0 Å². The van der Waals surface area contributed by atoms with Gasteiger partial charge in [0.2, 0.25) is 0 Å². The average molecular weight is 187 g/mol.